The number of hydrogen-bond acceptors (Lipinski definition) is 2. The molecule has 2 amide bonds. The van der Waals surface area contributed by atoms with Crippen LogP contribution in [0.1, 0.15) is 41.3 Å². The lowest BCUT2D eigenvalue weighted by atomic mass is 10.0. The van der Waals surface area contributed by atoms with Gasteiger partial charge in [-0.15, -0.1) is 0 Å². The van der Waals surface area contributed by atoms with E-state index in [0.717, 1.165) is 11.3 Å². The van der Waals surface area contributed by atoms with Crippen LogP contribution in [0, 0.1) is 6.92 Å². The quantitative estimate of drug-likeness (QED) is 0.888. The van der Waals surface area contributed by atoms with Gasteiger partial charge in [0.15, 0.2) is 0 Å². The number of hydrogen-bond donors (Lipinski definition) is 2. The predicted molar refractivity (Wildman–Crippen MR) is 92.7 cm³/mol. The maximum Gasteiger partial charge on any atom is 0.251 e. The SMILES string of the molecule is Cc1ccc(C(=O)NCC(=O)Nc2ccc(C(C)C)cc2)cc1. The predicted octanol–water partition coefficient (Wildman–Crippen LogP) is 3.49. The molecule has 120 valence electrons. The molecule has 0 aliphatic heterocycles. The fourth-order valence-electron chi connectivity index (χ4n) is 2.12. The number of amides is 2. The molecule has 23 heavy (non-hydrogen) atoms. The molecule has 4 nitrogen and oxygen atoms in total. The normalized spacial score (nSPS) is 10.4. The van der Waals surface area contributed by atoms with Gasteiger partial charge < -0.3 is 10.6 Å². The van der Waals surface area contributed by atoms with E-state index in [1.165, 1.54) is 5.56 Å². The number of benzene rings is 2. The zero-order valence-electron chi connectivity index (χ0n) is 13.7. The Morgan fingerprint density at radius 2 is 1.57 bits per heavy atom. The Bertz CT molecular complexity index is 674. The summed E-state index contributed by atoms with van der Waals surface area (Å²) in [5, 5.41) is 5.39. The third-order valence-corrected chi connectivity index (χ3v) is 3.58. The van der Waals surface area contributed by atoms with Crippen molar-refractivity contribution in [3.05, 3.63) is 65.2 Å². The molecule has 2 aromatic rings. The standard InChI is InChI=1S/C19H22N2O2/c1-13(2)15-8-10-17(11-9-15)21-18(22)12-20-19(23)16-6-4-14(3)5-7-16/h4-11,13H,12H2,1-3H3,(H,20,23)(H,21,22). The summed E-state index contributed by atoms with van der Waals surface area (Å²) < 4.78 is 0. The highest BCUT2D eigenvalue weighted by Gasteiger charge is 2.08. The molecule has 0 bridgehead atoms. The Labute approximate surface area is 136 Å². The lowest BCUT2D eigenvalue weighted by Gasteiger charge is -2.09. The van der Waals surface area contributed by atoms with E-state index in [9.17, 15) is 9.59 Å². The van der Waals surface area contributed by atoms with Crippen LogP contribution in [0.25, 0.3) is 0 Å². The minimum absolute atomic E-state index is 0.0569. The summed E-state index contributed by atoms with van der Waals surface area (Å²) in [5.74, 6) is -0.0494. The Hall–Kier alpha value is -2.62. The zero-order valence-corrected chi connectivity index (χ0v) is 13.7. The molecule has 0 saturated carbocycles. The first-order valence-corrected chi connectivity index (χ1v) is 7.70. The summed E-state index contributed by atoms with van der Waals surface area (Å²) in [5.41, 5.74) is 3.58. The van der Waals surface area contributed by atoms with Crippen molar-refractivity contribution in [2.75, 3.05) is 11.9 Å². The molecule has 0 aliphatic carbocycles. The summed E-state index contributed by atoms with van der Waals surface area (Å²) in [4.78, 5) is 23.8. The monoisotopic (exact) mass is 310 g/mol. The van der Waals surface area contributed by atoms with Gasteiger partial charge in [-0.1, -0.05) is 43.7 Å². The molecule has 0 aromatic heterocycles. The zero-order chi connectivity index (χ0) is 16.8. The Morgan fingerprint density at radius 3 is 2.13 bits per heavy atom. The largest absolute Gasteiger partial charge is 0.343 e. The van der Waals surface area contributed by atoms with Crippen molar-refractivity contribution in [1.82, 2.24) is 5.32 Å². The van der Waals surface area contributed by atoms with E-state index in [4.69, 9.17) is 0 Å². The van der Waals surface area contributed by atoms with E-state index in [1.54, 1.807) is 12.1 Å². The van der Waals surface area contributed by atoms with E-state index in [0.29, 0.717) is 11.5 Å². The Balaban J connectivity index is 1.85. The van der Waals surface area contributed by atoms with Gasteiger partial charge in [-0.3, -0.25) is 9.59 Å². The summed E-state index contributed by atoms with van der Waals surface area (Å²) in [6.07, 6.45) is 0. The first-order chi connectivity index (χ1) is 11.0. The van der Waals surface area contributed by atoms with Gasteiger partial charge in [0.05, 0.1) is 6.54 Å². The van der Waals surface area contributed by atoms with Crippen LogP contribution in [0.4, 0.5) is 5.69 Å². The molecule has 0 spiro atoms. The van der Waals surface area contributed by atoms with E-state index in [-0.39, 0.29) is 18.4 Å². The summed E-state index contributed by atoms with van der Waals surface area (Å²) in [6, 6.07) is 14.9. The fourth-order valence-corrected chi connectivity index (χ4v) is 2.12. The number of aryl methyl sites for hydroxylation is 1. The highest BCUT2D eigenvalue weighted by atomic mass is 16.2. The van der Waals surface area contributed by atoms with Gasteiger partial charge in [0.1, 0.15) is 0 Å². The van der Waals surface area contributed by atoms with Crippen LogP contribution >= 0.6 is 0 Å². The third-order valence-electron chi connectivity index (χ3n) is 3.58. The number of carbonyl (C=O) groups is 2. The molecule has 4 heteroatoms. The van der Waals surface area contributed by atoms with Crippen molar-refractivity contribution in [2.24, 2.45) is 0 Å². The number of anilines is 1. The van der Waals surface area contributed by atoms with E-state index >= 15 is 0 Å². The van der Waals surface area contributed by atoms with E-state index in [2.05, 4.69) is 24.5 Å². The molecule has 0 unspecified atom stereocenters. The molecule has 0 aliphatic rings. The van der Waals surface area contributed by atoms with Gasteiger partial charge >= 0.3 is 0 Å². The number of nitrogens with one attached hydrogen (secondary N) is 2. The Kier molecular flexibility index (Phi) is 5.52. The summed E-state index contributed by atoms with van der Waals surface area (Å²) in [7, 11) is 0. The van der Waals surface area contributed by atoms with Gasteiger partial charge in [-0.25, -0.2) is 0 Å². The molecule has 2 rings (SSSR count). The van der Waals surface area contributed by atoms with Crippen LogP contribution in [0.2, 0.25) is 0 Å². The van der Waals surface area contributed by atoms with Crippen LogP contribution in [0.3, 0.4) is 0 Å². The van der Waals surface area contributed by atoms with Crippen molar-refractivity contribution >= 4 is 17.5 Å². The van der Waals surface area contributed by atoms with Gasteiger partial charge in [0.25, 0.3) is 5.91 Å². The van der Waals surface area contributed by atoms with Crippen LogP contribution in [-0.4, -0.2) is 18.4 Å². The van der Waals surface area contributed by atoms with Gasteiger partial charge in [0.2, 0.25) is 5.91 Å². The summed E-state index contributed by atoms with van der Waals surface area (Å²) in [6.45, 7) is 6.14. The number of rotatable bonds is 5. The smallest absolute Gasteiger partial charge is 0.251 e. The van der Waals surface area contributed by atoms with Crippen molar-refractivity contribution in [1.29, 1.82) is 0 Å². The van der Waals surface area contributed by atoms with E-state index < -0.39 is 0 Å². The second-order valence-electron chi connectivity index (χ2n) is 5.87. The molecule has 0 radical (unpaired) electrons. The minimum Gasteiger partial charge on any atom is -0.343 e. The maximum atomic E-state index is 11.9. The van der Waals surface area contributed by atoms with Crippen molar-refractivity contribution < 1.29 is 9.59 Å². The highest BCUT2D eigenvalue weighted by molar-refractivity contribution is 5.99. The van der Waals surface area contributed by atoms with Gasteiger partial charge in [0, 0.05) is 11.3 Å². The molecule has 2 aromatic carbocycles. The molecule has 0 fully saturated rings. The van der Waals surface area contributed by atoms with Gasteiger partial charge in [-0.2, -0.15) is 0 Å². The Morgan fingerprint density at radius 1 is 0.957 bits per heavy atom. The van der Waals surface area contributed by atoms with Crippen LogP contribution in [0.5, 0.6) is 0 Å². The average molecular weight is 310 g/mol. The molecule has 0 heterocycles. The topological polar surface area (TPSA) is 58.2 Å². The van der Waals surface area contributed by atoms with E-state index in [1.807, 2.05) is 43.3 Å². The molecular weight excluding hydrogens is 288 g/mol. The van der Waals surface area contributed by atoms with Crippen molar-refractivity contribution in [3.63, 3.8) is 0 Å². The molecule has 2 N–H and O–H groups in total. The second kappa shape index (κ2) is 7.58. The van der Waals surface area contributed by atoms with Gasteiger partial charge in [-0.05, 0) is 42.7 Å². The second-order valence-corrected chi connectivity index (χ2v) is 5.87. The van der Waals surface area contributed by atoms with Crippen LogP contribution < -0.4 is 10.6 Å². The van der Waals surface area contributed by atoms with Crippen molar-refractivity contribution in [3.8, 4) is 0 Å². The minimum atomic E-state index is -0.254. The third kappa shape index (κ3) is 4.95. The first kappa shape index (κ1) is 16.7. The van der Waals surface area contributed by atoms with Crippen LogP contribution in [-0.2, 0) is 4.79 Å². The number of carbonyl (C=O) groups excluding carboxylic acids is 2. The molecule has 0 atom stereocenters. The lowest BCUT2D eigenvalue weighted by Crippen LogP contribution is -2.32. The maximum absolute atomic E-state index is 11.9. The highest BCUT2D eigenvalue weighted by Crippen LogP contribution is 2.16. The lowest BCUT2D eigenvalue weighted by molar-refractivity contribution is -0.115. The molecular formula is C19H22N2O2. The average Bonchev–Trinajstić information content (AvgIpc) is 2.54. The molecule has 0 saturated heterocycles. The first-order valence-electron chi connectivity index (χ1n) is 7.70. The summed E-state index contributed by atoms with van der Waals surface area (Å²) >= 11 is 0. The fraction of sp³-hybridized carbons (Fsp3) is 0.263. The van der Waals surface area contributed by atoms with Crippen LogP contribution in [0.15, 0.2) is 48.5 Å². The van der Waals surface area contributed by atoms with Crippen molar-refractivity contribution in [2.45, 2.75) is 26.7 Å².